The van der Waals surface area contributed by atoms with Crippen molar-refractivity contribution in [3.63, 3.8) is 0 Å². The van der Waals surface area contributed by atoms with Crippen LogP contribution in [0.4, 0.5) is 8.78 Å². The lowest BCUT2D eigenvalue weighted by Gasteiger charge is -2.19. The van der Waals surface area contributed by atoms with E-state index >= 15 is 0 Å². The predicted molar refractivity (Wildman–Crippen MR) is 68.1 cm³/mol. The molecule has 3 unspecified atom stereocenters. The average molecular weight is 321 g/mol. The fraction of sp³-hybridized carbons (Fsp3) is 0.538. The van der Waals surface area contributed by atoms with E-state index in [-0.39, 0.29) is 23.5 Å². The quantitative estimate of drug-likeness (QED) is 0.784. The lowest BCUT2D eigenvalue weighted by atomic mass is 10.0. The van der Waals surface area contributed by atoms with Crippen LogP contribution in [0.2, 0.25) is 0 Å². The Morgan fingerprint density at radius 3 is 2.39 bits per heavy atom. The van der Waals surface area contributed by atoms with Crippen molar-refractivity contribution < 1.29 is 18.3 Å². The van der Waals surface area contributed by atoms with Crippen LogP contribution in [-0.2, 0) is 4.74 Å². The largest absolute Gasteiger partial charge is 0.497 e. The molecule has 1 aliphatic rings. The molecule has 0 bridgehead atoms. The number of hydrogen-bond acceptors (Lipinski definition) is 2. The normalized spacial score (nSPS) is 25.2. The summed E-state index contributed by atoms with van der Waals surface area (Å²) in [4.78, 5) is -0.478. The number of rotatable bonds is 3. The molecule has 100 valence electrons. The molecular weight excluding hydrogens is 306 g/mol. The minimum Gasteiger partial charge on any atom is -0.497 e. The molecule has 5 heteroatoms. The Hall–Kier alpha value is -0.680. The molecule has 0 aliphatic carbocycles. The smallest absolute Gasteiger partial charge is 0.134 e. The van der Waals surface area contributed by atoms with Gasteiger partial charge in [0.15, 0.2) is 0 Å². The Morgan fingerprint density at radius 2 is 1.94 bits per heavy atom. The van der Waals surface area contributed by atoms with Crippen LogP contribution in [-0.4, -0.2) is 19.3 Å². The van der Waals surface area contributed by atoms with Gasteiger partial charge in [-0.2, -0.15) is 0 Å². The van der Waals surface area contributed by atoms with Gasteiger partial charge in [-0.05, 0) is 19.8 Å². The van der Waals surface area contributed by atoms with E-state index in [1.165, 1.54) is 19.2 Å². The molecule has 0 amide bonds. The summed E-state index contributed by atoms with van der Waals surface area (Å²) in [6.07, 6.45) is 1.64. The van der Waals surface area contributed by atoms with E-state index in [9.17, 15) is 8.78 Å². The van der Waals surface area contributed by atoms with Gasteiger partial charge >= 0.3 is 0 Å². The standard InChI is InChI=1S/C13H15BrF2O2/c1-7-3-4-11(18-7)13(14)12-9(15)5-8(17-2)6-10(12)16/h5-7,11,13H,3-4H2,1-2H3. The monoisotopic (exact) mass is 320 g/mol. The second-order valence-corrected chi connectivity index (χ2v) is 5.46. The van der Waals surface area contributed by atoms with Crippen LogP contribution in [0.25, 0.3) is 0 Å². The third-order valence-electron chi connectivity index (χ3n) is 3.16. The van der Waals surface area contributed by atoms with Gasteiger partial charge in [-0.1, -0.05) is 15.9 Å². The van der Waals surface area contributed by atoms with E-state index in [1.54, 1.807) is 0 Å². The molecule has 1 aromatic rings. The Labute approximate surface area is 113 Å². The molecule has 1 aromatic carbocycles. The molecule has 0 N–H and O–H groups in total. The molecule has 1 heterocycles. The fourth-order valence-corrected chi connectivity index (χ4v) is 3.00. The summed E-state index contributed by atoms with van der Waals surface area (Å²) < 4.78 is 38.2. The molecule has 3 atom stereocenters. The van der Waals surface area contributed by atoms with Crippen LogP contribution < -0.4 is 4.74 Å². The predicted octanol–water partition coefficient (Wildman–Crippen LogP) is 3.98. The molecule has 0 saturated carbocycles. The molecule has 1 saturated heterocycles. The van der Waals surface area contributed by atoms with Crippen molar-refractivity contribution in [3.05, 3.63) is 29.3 Å². The van der Waals surface area contributed by atoms with E-state index < -0.39 is 16.5 Å². The van der Waals surface area contributed by atoms with Gasteiger partial charge in [0, 0.05) is 17.7 Å². The van der Waals surface area contributed by atoms with Gasteiger partial charge in [-0.3, -0.25) is 0 Å². The van der Waals surface area contributed by atoms with E-state index in [1.807, 2.05) is 6.92 Å². The number of halogens is 3. The maximum Gasteiger partial charge on any atom is 0.134 e. The van der Waals surface area contributed by atoms with E-state index in [0.29, 0.717) is 0 Å². The molecule has 2 nitrogen and oxygen atoms in total. The second-order valence-electron chi connectivity index (χ2n) is 4.47. The van der Waals surface area contributed by atoms with E-state index in [0.717, 1.165) is 12.8 Å². The lowest BCUT2D eigenvalue weighted by Crippen LogP contribution is -2.16. The lowest BCUT2D eigenvalue weighted by molar-refractivity contribution is 0.0546. The van der Waals surface area contributed by atoms with Crippen molar-refractivity contribution in [2.24, 2.45) is 0 Å². The average Bonchev–Trinajstić information content (AvgIpc) is 2.74. The SMILES string of the molecule is COc1cc(F)c(C(Br)C2CCC(C)O2)c(F)c1. The van der Waals surface area contributed by atoms with Crippen LogP contribution in [0.3, 0.4) is 0 Å². The highest BCUT2D eigenvalue weighted by molar-refractivity contribution is 9.09. The summed E-state index contributed by atoms with van der Waals surface area (Å²) >= 11 is 3.34. The fourth-order valence-electron chi connectivity index (χ4n) is 2.18. The molecule has 2 rings (SSSR count). The zero-order chi connectivity index (χ0) is 13.3. The molecule has 0 aromatic heterocycles. The summed E-state index contributed by atoms with van der Waals surface area (Å²) in [6.45, 7) is 1.96. The highest BCUT2D eigenvalue weighted by Gasteiger charge is 2.32. The summed E-state index contributed by atoms with van der Waals surface area (Å²) in [5, 5.41) is 0. The van der Waals surface area contributed by atoms with Crippen molar-refractivity contribution in [2.75, 3.05) is 7.11 Å². The van der Waals surface area contributed by atoms with Gasteiger partial charge in [-0.15, -0.1) is 0 Å². The highest BCUT2D eigenvalue weighted by Crippen LogP contribution is 2.39. The van der Waals surface area contributed by atoms with Gasteiger partial charge < -0.3 is 9.47 Å². The Kier molecular flexibility index (Phi) is 4.22. The third kappa shape index (κ3) is 2.67. The summed E-state index contributed by atoms with van der Waals surface area (Å²) in [7, 11) is 1.38. The Bertz CT molecular complexity index is 416. The zero-order valence-corrected chi connectivity index (χ0v) is 11.8. The van der Waals surface area contributed by atoms with Crippen molar-refractivity contribution >= 4 is 15.9 Å². The number of methoxy groups -OCH3 is 1. The number of alkyl halides is 1. The maximum atomic E-state index is 13.9. The first-order valence-corrected chi connectivity index (χ1v) is 6.77. The van der Waals surface area contributed by atoms with Gasteiger partial charge in [0.2, 0.25) is 0 Å². The molecule has 1 aliphatic heterocycles. The topological polar surface area (TPSA) is 18.5 Å². The van der Waals surface area contributed by atoms with Gasteiger partial charge in [0.05, 0.1) is 24.1 Å². The van der Waals surface area contributed by atoms with Crippen LogP contribution in [0.1, 0.15) is 30.2 Å². The maximum absolute atomic E-state index is 13.9. The molecule has 0 spiro atoms. The van der Waals surface area contributed by atoms with Gasteiger partial charge in [0.1, 0.15) is 17.4 Å². The summed E-state index contributed by atoms with van der Waals surface area (Å²) in [6, 6.07) is 2.37. The summed E-state index contributed by atoms with van der Waals surface area (Å²) in [5.74, 6) is -1.05. The first kappa shape index (κ1) is 13.7. The van der Waals surface area contributed by atoms with E-state index in [4.69, 9.17) is 9.47 Å². The van der Waals surface area contributed by atoms with Crippen molar-refractivity contribution in [2.45, 2.75) is 36.8 Å². The minimum absolute atomic E-state index is 0.00917. The van der Waals surface area contributed by atoms with Gasteiger partial charge in [0.25, 0.3) is 0 Å². The van der Waals surface area contributed by atoms with Crippen LogP contribution in [0.15, 0.2) is 12.1 Å². The van der Waals surface area contributed by atoms with Crippen LogP contribution >= 0.6 is 15.9 Å². The van der Waals surface area contributed by atoms with Crippen molar-refractivity contribution in [1.82, 2.24) is 0 Å². The number of hydrogen-bond donors (Lipinski definition) is 0. The minimum atomic E-state index is -0.614. The molecule has 1 fully saturated rings. The first-order chi connectivity index (χ1) is 8.52. The van der Waals surface area contributed by atoms with Crippen LogP contribution in [0, 0.1) is 11.6 Å². The van der Waals surface area contributed by atoms with E-state index in [2.05, 4.69) is 15.9 Å². The molecule has 0 radical (unpaired) electrons. The van der Waals surface area contributed by atoms with Crippen molar-refractivity contribution in [3.8, 4) is 5.75 Å². The zero-order valence-electron chi connectivity index (χ0n) is 10.3. The highest BCUT2D eigenvalue weighted by atomic mass is 79.9. The first-order valence-electron chi connectivity index (χ1n) is 5.85. The Balaban J connectivity index is 2.27. The number of benzene rings is 1. The summed E-state index contributed by atoms with van der Waals surface area (Å²) in [5.41, 5.74) is 0.00917. The van der Waals surface area contributed by atoms with Crippen LogP contribution in [0.5, 0.6) is 5.75 Å². The Morgan fingerprint density at radius 1 is 1.33 bits per heavy atom. The molecule has 18 heavy (non-hydrogen) atoms. The van der Waals surface area contributed by atoms with Crippen molar-refractivity contribution in [1.29, 1.82) is 0 Å². The second kappa shape index (κ2) is 5.53. The van der Waals surface area contributed by atoms with Gasteiger partial charge in [-0.25, -0.2) is 8.78 Å². The molecular formula is C13H15BrF2O2. The number of ether oxygens (including phenoxy) is 2. The third-order valence-corrected chi connectivity index (χ3v) is 4.20.